The smallest absolute Gasteiger partial charge is 0.315 e. The number of fused-ring (bicyclic) bond motifs is 7. The molecule has 21 heteroatoms. The molecule has 4 aliphatic heterocycles. The van der Waals surface area contributed by atoms with Gasteiger partial charge in [0.1, 0.15) is 85.5 Å². The second-order valence-electron chi connectivity index (χ2n) is 24.4. The van der Waals surface area contributed by atoms with Crippen LogP contribution in [0.1, 0.15) is 106 Å². The predicted octanol–water partition coefficient (Wildman–Crippen LogP) is -0.839. The van der Waals surface area contributed by atoms with E-state index in [0.29, 0.717) is 38.0 Å². The van der Waals surface area contributed by atoms with Crippen LogP contribution in [-0.2, 0) is 42.7 Å². The molecule has 73 heavy (non-hydrogen) atoms. The van der Waals surface area contributed by atoms with Gasteiger partial charge in [0.2, 0.25) is 6.29 Å². The number of aliphatic hydroxyl groups excluding tert-OH is 12. The van der Waals surface area contributed by atoms with Gasteiger partial charge in [-0.3, -0.25) is 4.79 Å². The van der Waals surface area contributed by atoms with Gasteiger partial charge >= 0.3 is 5.97 Å². The Morgan fingerprint density at radius 1 is 0.644 bits per heavy atom. The molecule has 0 aromatic heterocycles. The topological polar surface area (TPSA) is 334 Å². The Morgan fingerprint density at radius 2 is 1.25 bits per heavy atom. The number of ether oxygens (including phenoxy) is 8. The zero-order chi connectivity index (χ0) is 53.1. The summed E-state index contributed by atoms with van der Waals surface area (Å²) < 4.78 is 47.0. The van der Waals surface area contributed by atoms with Crippen molar-refractivity contribution in [2.24, 2.45) is 44.8 Å². The standard InChI is InChI=1S/C52H82O21/c1-22-10-15-52(47(65)73-46-40(63)36(59)34(57)28(70-46)21-66-43-41(64)37(60)42(27(20-54)69-43)72-44-39(62)35(58)32(55)23(2)67-44)17-16-50(6)24(25(52)18-22)8-9-30-49(5)13-12-31(48(3,4)29(49)11-14-51(30,50)7)71-45-38(61)33(56)26(19-53)68-45/h8,23,25-46,53-64H,1,9-21H2,2-7H3/t23-,25?,26+,27+,28+,29?,30?,31?,32-,33-,34+,35-,36+,37-,38-,39-,40+,41+,42+,43-,44+,45+,46+,49?,50-,51?,52?/m1/s1. The Bertz CT molecular complexity index is 2040. The number of esters is 1. The van der Waals surface area contributed by atoms with Crippen LogP contribution < -0.4 is 0 Å². The van der Waals surface area contributed by atoms with E-state index in [-0.39, 0.29) is 39.6 Å². The van der Waals surface area contributed by atoms with Crippen LogP contribution in [0.5, 0.6) is 0 Å². The monoisotopic (exact) mass is 1040 g/mol. The molecule has 9 aliphatic rings. The SMILES string of the molecule is C=C1CCC2(C(=O)O[C@@H]3O[C@@H](CO[C@@H]4O[C@@H](CO)[C@H](O[C@@H]5O[C@H](C)[C@@H](O)[C@@H](O)[C@H]5O)[C@H](O)[C@@H]4O)[C@H](O)[C@H](O)[C@@H]3O)CC[C@]3(C)C(=CCC4C5(C)CCC(O[C@@H]6O[C@@H](CO)[C@@H](O)[C@H]6O)C(C)(C)C5CCC43C)C2C1. The van der Waals surface area contributed by atoms with Crippen molar-refractivity contribution in [1.29, 1.82) is 0 Å². The fraction of sp³-hybridized carbons (Fsp3) is 0.904. The van der Waals surface area contributed by atoms with Crippen molar-refractivity contribution >= 4 is 5.97 Å². The summed E-state index contributed by atoms with van der Waals surface area (Å²) in [5.74, 6) is -0.326. The maximum atomic E-state index is 15.0. The molecule has 8 fully saturated rings. The number of carbonyl (C=O) groups excluding carboxylic acids is 1. The molecule has 5 aliphatic carbocycles. The highest BCUT2D eigenvalue weighted by Gasteiger charge is 2.70. The number of hydrogen-bond donors (Lipinski definition) is 12. The number of allylic oxidation sites excluding steroid dienone is 3. The van der Waals surface area contributed by atoms with Crippen LogP contribution in [0.3, 0.4) is 0 Å². The van der Waals surface area contributed by atoms with Crippen molar-refractivity contribution in [2.45, 2.75) is 229 Å². The normalized spacial score (nSPS) is 53.8. The van der Waals surface area contributed by atoms with Crippen molar-refractivity contribution < 1.29 is 104 Å². The van der Waals surface area contributed by atoms with Crippen LogP contribution in [0.2, 0.25) is 0 Å². The Kier molecular flexibility index (Phi) is 15.7. The Morgan fingerprint density at radius 3 is 1.93 bits per heavy atom. The van der Waals surface area contributed by atoms with Crippen molar-refractivity contribution in [3.05, 3.63) is 23.8 Å². The molecule has 0 radical (unpaired) electrons. The van der Waals surface area contributed by atoms with Crippen LogP contribution in [0.25, 0.3) is 0 Å². The first-order valence-corrected chi connectivity index (χ1v) is 26.4. The molecule has 416 valence electrons. The van der Waals surface area contributed by atoms with Crippen molar-refractivity contribution in [3.8, 4) is 0 Å². The highest BCUT2D eigenvalue weighted by atomic mass is 16.8. The van der Waals surface area contributed by atoms with E-state index < -0.39 is 148 Å². The van der Waals surface area contributed by atoms with E-state index in [1.54, 1.807) is 0 Å². The lowest BCUT2D eigenvalue weighted by atomic mass is 9.34. The lowest BCUT2D eigenvalue weighted by Crippen LogP contribution is -2.65. The number of hydrogen-bond acceptors (Lipinski definition) is 21. The third kappa shape index (κ3) is 9.02. The molecule has 0 aromatic rings. The summed E-state index contributed by atoms with van der Waals surface area (Å²) >= 11 is 0. The minimum Gasteiger partial charge on any atom is -0.432 e. The molecule has 27 atom stereocenters. The predicted molar refractivity (Wildman–Crippen MR) is 251 cm³/mol. The third-order valence-corrected chi connectivity index (χ3v) is 20.4. The van der Waals surface area contributed by atoms with Gasteiger partial charge in [0.15, 0.2) is 18.9 Å². The van der Waals surface area contributed by atoms with E-state index in [1.807, 2.05) is 0 Å². The summed E-state index contributed by atoms with van der Waals surface area (Å²) in [6.07, 6.45) is -19.8. The van der Waals surface area contributed by atoms with Gasteiger partial charge in [-0.2, -0.15) is 0 Å². The molecule has 4 saturated carbocycles. The highest BCUT2D eigenvalue weighted by Crippen LogP contribution is 2.75. The van der Waals surface area contributed by atoms with Crippen LogP contribution in [0, 0.1) is 44.8 Å². The molecule has 0 bridgehead atoms. The Hall–Kier alpha value is -1.81. The van der Waals surface area contributed by atoms with E-state index >= 15 is 0 Å². The van der Waals surface area contributed by atoms with E-state index in [1.165, 1.54) is 12.5 Å². The van der Waals surface area contributed by atoms with Gasteiger partial charge < -0.3 is 99.2 Å². The van der Waals surface area contributed by atoms with Gasteiger partial charge in [-0.15, -0.1) is 0 Å². The third-order valence-electron chi connectivity index (χ3n) is 20.4. The zero-order valence-corrected chi connectivity index (χ0v) is 42.8. The fourth-order valence-corrected chi connectivity index (χ4v) is 15.7. The lowest BCUT2D eigenvalue weighted by Gasteiger charge is -2.71. The maximum absolute atomic E-state index is 15.0. The van der Waals surface area contributed by atoms with E-state index in [0.717, 1.165) is 37.7 Å². The maximum Gasteiger partial charge on any atom is 0.315 e. The first kappa shape index (κ1) is 55.9. The minimum absolute atomic E-state index is 0.0868. The first-order chi connectivity index (χ1) is 34.3. The molecule has 7 unspecified atom stereocenters. The second-order valence-corrected chi connectivity index (χ2v) is 24.4. The summed E-state index contributed by atoms with van der Waals surface area (Å²) in [4.78, 5) is 15.0. The Balaban J connectivity index is 0.881. The van der Waals surface area contributed by atoms with Gasteiger partial charge in [0, 0.05) is 5.92 Å². The zero-order valence-electron chi connectivity index (χ0n) is 42.8. The van der Waals surface area contributed by atoms with E-state index in [2.05, 4.69) is 47.3 Å². The number of aliphatic hydroxyl groups is 12. The molecular weight excluding hydrogens is 961 g/mol. The summed E-state index contributed by atoms with van der Waals surface area (Å²) in [6, 6.07) is 0. The molecule has 0 spiro atoms. The largest absolute Gasteiger partial charge is 0.432 e. The van der Waals surface area contributed by atoms with Crippen molar-refractivity contribution in [3.63, 3.8) is 0 Å². The summed E-state index contributed by atoms with van der Waals surface area (Å²) in [7, 11) is 0. The molecular formula is C52H82O21. The molecule has 9 rings (SSSR count). The molecule has 0 aromatic carbocycles. The summed E-state index contributed by atoms with van der Waals surface area (Å²) in [5.41, 5.74) is 0.342. The quantitative estimate of drug-likeness (QED) is 0.0887. The molecule has 4 heterocycles. The van der Waals surface area contributed by atoms with E-state index in [9.17, 15) is 66.1 Å². The van der Waals surface area contributed by atoms with Crippen LogP contribution in [0.4, 0.5) is 0 Å². The Labute approximate surface area is 426 Å². The highest BCUT2D eigenvalue weighted by molar-refractivity contribution is 5.79. The fourth-order valence-electron chi connectivity index (χ4n) is 15.7. The van der Waals surface area contributed by atoms with Crippen LogP contribution in [0.15, 0.2) is 23.8 Å². The average molecular weight is 1040 g/mol. The number of rotatable bonds is 11. The second kappa shape index (κ2) is 20.4. The lowest BCUT2D eigenvalue weighted by molar-refractivity contribution is -0.361. The molecule has 21 nitrogen and oxygen atoms in total. The summed E-state index contributed by atoms with van der Waals surface area (Å²) in [5, 5.41) is 128. The van der Waals surface area contributed by atoms with Gasteiger partial charge in [-0.25, -0.2) is 0 Å². The van der Waals surface area contributed by atoms with E-state index in [4.69, 9.17) is 37.9 Å². The molecule has 0 amide bonds. The van der Waals surface area contributed by atoms with Crippen LogP contribution >= 0.6 is 0 Å². The molecule has 4 saturated heterocycles. The average Bonchev–Trinajstić information content (AvgIpc) is 3.62. The first-order valence-electron chi connectivity index (χ1n) is 26.4. The van der Waals surface area contributed by atoms with Crippen molar-refractivity contribution in [2.75, 3.05) is 19.8 Å². The molecule has 12 N–H and O–H groups in total. The van der Waals surface area contributed by atoms with Gasteiger partial charge in [-0.05, 0) is 105 Å². The summed E-state index contributed by atoms with van der Waals surface area (Å²) in [6.45, 7) is 15.7. The number of carbonyl (C=O) groups is 1. The van der Waals surface area contributed by atoms with Crippen LogP contribution in [-0.4, -0.2) is 210 Å². The minimum atomic E-state index is -1.87. The van der Waals surface area contributed by atoms with Crippen molar-refractivity contribution in [1.82, 2.24) is 0 Å². The van der Waals surface area contributed by atoms with Gasteiger partial charge in [0.05, 0.1) is 37.4 Å². The van der Waals surface area contributed by atoms with Gasteiger partial charge in [0.25, 0.3) is 0 Å². The van der Waals surface area contributed by atoms with Gasteiger partial charge in [-0.1, -0.05) is 58.4 Å².